The summed E-state index contributed by atoms with van der Waals surface area (Å²) in [4.78, 5) is 149. The molecular weight excluding hydrogens is 1350 g/mol. The van der Waals surface area contributed by atoms with E-state index in [1.165, 1.54) is 76.7 Å². The zero-order valence-corrected chi connectivity index (χ0v) is 63.0. The van der Waals surface area contributed by atoms with Crippen molar-refractivity contribution in [2.45, 2.75) is 176 Å². The number of aldehydes is 2. The quantitative estimate of drug-likeness (QED) is 0.0669. The molecule has 4 saturated heterocycles. The van der Waals surface area contributed by atoms with Crippen molar-refractivity contribution in [3.05, 3.63) is 89.0 Å². The van der Waals surface area contributed by atoms with Crippen molar-refractivity contribution in [3.8, 4) is 0 Å². The van der Waals surface area contributed by atoms with Gasteiger partial charge in [-0.15, -0.1) is 0 Å². The number of aromatic nitrogens is 8. The molecule has 0 saturated carbocycles. The number of amides is 6. The van der Waals surface area contributed by atoms with Crippen molar-refractivity contribution in [2.75, 3.05) is 123 Å². The minimum Gasteiger partial charge on any atom is -0.439 e. The van der Waals surface area contributed by atoms with E-state index >= 15 is 0 Å². The lowest BCUT2D eigenvalue weighted by atomic mass is 9.83. The molecule has 0 spiro atoms. The lowest BCUT2D eigenvalue weighted by molar-refractivity contribution is -0.121. The fraction of sp³-hybridized carbons (Fsp3) is 0.676. The van der Waals surface area contributed by atoms with Crippen LogP contribution >= 0.6 is 0 Å². The van der Waals surface area contributed by atoms with Crippen LogP contribution in [0.15, 0.2) is 44.0 Å². The summed E-state index contributed by atoms with van der Waals surface area (Å²) in [7, 11) is 15.1. The highest BCUT2D eigenvalue weighted by molar-refractivity contribution is 5.96. The predicted octanol–water partition coefficient (Wildman–Crippen LogP) is 3.68. The van der Waals surface area contributed by atoms with E-state index in [4.69, 9.17) is 52.1 Å². The normalized spacial score (nSPS) is 24.9. The topological polar surface area (TPSA) is 381 Å². The number of ether oxygens (including phenoxy) is 11. The first-order chi connectivity index (χ1) is 48.4. The van der Waals surface area contributed by atoms with Crippen molar-refractivity contribution in [1.82, 2.24) is 48.8 Å². The summed E-state index contributed by atoms with van der Waals surface area (Å²) in [5.41, 5.74) is -3.02. The molecule has 4 aliphatic heterocycles. The van der Waals surface area contributed by atoms with Crippen molar-refractivity contribution in [2.24, 2.45) is 21.7 Å². The second-order valence-corrected chi connectivity index (χ2v) is 28.5. The van der Waals surface area contributed by atoms with Crippen molar-refractivity contribution < 1.29 is 80.9 Å². The summed E-state index contributed by atoms with van der Waals surface area (Å²) in [6, 6.07) is -0.980. The molecule has 0 radical (unpaired) electrons. The number of methoxy groups -OCH3 is 6. The Hall–Kier alpha value is -8.26. The Balaban J connectivity index is 0.000000289. The number of nitrogens with one attached hydrogen (secondary N) is 2. The molecule has 4 aromatic heterocycles. The van der Waals surface area contributed by atoms with Gasteiger partial charge in [-0.05, 0) is 34.1 Å². The number of aryl methyl sites for hydroxylation is 4. The summed E-state index contributed by atoms with van der Waals surface area (Å²) < 4.78 is 68.4. The van der Waals surface area contributed by atoms with Crippen LogP contribution in [0.25, 0.3) is 0 Å². The van der Waals surface area contributed by atoms with E-state index in [2.05, 4.69) is 30.6 Å². The van der Waals surface area contributed by atoms with Gasteiger partial charge in [0.25, 0.3) is 5.91 Å². The standard InChI is InChI=1S/C35H54N8O10.C33H48N6O11/c1-20-17-42(28-34(3,4)24(50-10)22(52-28)13-16-44)32(47)38-26(20)40(7)30(45)36-14-12-15-37-31(46)41(8)27-21(2)18-43(33(48)39-27)29-35(5,6)25(51-11)23(53-29)19-49-9;1-18-14-39(28-33(5,6)24(47-11)21(50-28)16-45-9)29(42)34-25(18)36(7)22(41)17-48-31(44)37(8)26-19(2)15-38(30(43)35-26)27-32(3,4)23(46-10)20(49-27)12-13-40/h16-18,22-25,28-29H,12-15,19H2,1-11H3,(H,36,45)(H,37,46);13-15,20-21,23-24,27-28H,12,16-17H2,1-11H3. The summed E-state index contributed by atoms with van der Waals surface area (Å²) in [6.07, 6.45) is 1.09. The minimum atomic E-state index is -0.943. The first-order valence-corrected chi connectivity index (χ1v) is 33.6. The number of carbonyl (C=O) groups is 6. The third kappa shape index (κ3) is 16.8. The van der Waals surface area contributed by atoms with E-state index < -0.39 is 131 Å². The van der Waals surface area contributed by atoms with Crippen LogP contribution in [-0.2, 0) is 66.5 Å². The zero-order chi connectivity index (χ0) is 76.7. The molecule has 12 unspecified atom stereocenters. The Bertz CT molecular complexity index is 3970. The van der Waals surface area contributed by atoms with Crippen LogP contribution in [0.5, 0.6) is 0 Å². The molecule has 103 heavy (non-hydrogen) atoms. The van der Waals surface area contributed by atoms with Gasteiger partial charge < -0.3 is 72.3 Å². The molecule has 2 N–H and O–H groups in total. The van der Waals surface area contributed by atoms with Crippen LogP contribution in [0.3, 0.4) is 0 Å². The van der Waals surface area contributed by atoms with Gasteiger partial charge in [-0.3, -0.25) is 42.7 Å². The van der Waals surface area contributed by atoms with Gasteiger partial charge in [0.15, 0.2) is 6.61 Å². The zero-order valence-electron chi connectivity index (χ0n) is 63.0. The van der Waals surface area contributed by atoms with E-state index in [-0.39, 0.29) is 74.1 Å². The molecule has 8 heterocycles. The first-order valence-electron chi connectivity index (χ1n) is 33.6. The maximum absolute atomic E-state index is 13.3. The Labute approximate surface area is 597 Å². The second-order valence-electron chi connectivity index (χ2n) is 28.5. The lowest BCUT2D eigenvalue weighted by Crippen LogP contribution is -2.43. The van der Waals surface area contributed by atoms with Crippen LogP contribution in [0.4, 0.5) is 37.7 Å². The number of nitrogens with zero attached hydrogens (tertiary/aromatic N) is 12. The molecule has 35 nitrogen and oxygen atoms in total. The molecular formula is C68H102N14O21. The number of hydrogen-bond acceptors (Lipinski definition) is 25. The third-order valence-electron chi connectivity index (χ3n) is 19.6. The van der Waals surface area contributed by atoms with E-state index in [9.17, 15) is 47.9 Å². The number of carbonyl (C=O) groups excluding carboxylic acids is 6. The molecule has 4 aromatic rings. The smallest absolute Gasteiger partial charge is 0.415 e. The van der Waals surface area contributed by atoms with Crippen LogP contribution < -0.4 is 53.0 Å². The van der Waals surface area contributed by atoms with Crippen molar-refractivity contribution in [1.29, 1.82) is 0 Å². The van der Waals surface area contributed by atoms with Gasteiger partial charge in [0, 0.05) is 165 Å². The van der Waals surface area contributed by atoms with E-state index in [0.29, 0.717) is 35.3 Å². The average molecular weight is 1450 g/mol. The van der Waals surface area contributed by atoms with Crippen LogP contribution in [0.1, 0.15) is 122 Å². The fourth-order valence-corrected chi connectivity index (χ4v) is 14.5. The summed E-state index contributed by atoms with van der Waals surface area (Å²) in [6.45, 7) is 22.4. The van der Waals surface area contributed by atoms with E-state index in [0.717, 1.165) is 22.4 Å². The Morgan fingerprint density at radius 1 is 0.456 bits per heavy atom. The van der Waals surface area contributed by atoms with Gasteiger partial charge >= 0.3 is 40.9 Å². The van der Waals surface area contributed by atoms with Crippen molar-refractivity contribution >= 4 is 59.9 Å². The molecule has 0 aromatic carbocycles. The highest BCUT2D eigenvalue weighted by Crippen LogP contribution is 2.50. The number of hydrogen-bond donors (Lipinski definition) is 2. The molecule has 4 fully saturated rings. The first kappa shape index (κ1) is 82.0. The summed E-state index contributed by atoms with van der Waals surface area (Å²) >= 11 is 0. The maximum Gasteiger partial charge on any atom is 0.415 e. The van der Waals surface area contributed by atoms with Gasteiger partial charge in [0.2, 0.25) is 0 Å². The number of likely N-dealkylation sites (N-methyl/N-ethyl adjacent to an activating group) is 1. The van der Waals surface area contributed by atoms with Crippen LogP contribution in [-0.4, -0.2) is 227 Å². The molecule has 12 atom stereocenters. The largest absolute Gasteiger partial charge is 0.439 e. The Morgan fingerprint density at radius 2 is 0.728 bits per heavy atom. The highest BCUT2D eigenvalue weighted by Gasteiger charge is 2.56. The van der Waals surface area contributed by atoms with E-state index in [1.807, 2.05) is 55.4 Å². The number of urea groups is 2. The maximum atomic E-state index is 13.3. The van der Waals surface area contributed by atoms with Crippen molar-refractivity contribution in [3.63, 3.8) is 0 Å². The minimum absolute atomic E-state index is 0.0159. The number of rotatable bonds is 26. The highest BCUT2D eigenvalue weighted by atomic mass is 16.6. The molecule has 8 rings (SSSR count). The predicted molar refractivity (Wildman–Crippen MR) is 373 cm³/mol. The molecule has 0 bridgehead atoms. The van der Waals surface area contributed by atoms with Gasteiger partial charge in [-0.2, -0.15) is 19.9 Å². The molecule has 570 valence electrons. The molecule has 0 aliphatic carbocycles. The average Bonchev–Trinajstić information content (AvgIpc) is 1.62. The van der Waals surface area contributed by atoms with Crippen LogP contribution in [0.2, 0.25) is 0 Å². The third-order valence-corrected chi connectivity index (χ3v) is 19.6. The van der Waals surface area contributed by atoms with Gasteiger partial charge in [0.05, 0.1) is 49.8 Å². The fourth-order valence-electron chi connectivity index (χ4n) is 14.5. The Morgan fingerprint density at radius 3 is 1.01 bits per heavy atom. The number of anilines is 4. The molecule has 35 heteroatoms. The van der Waals surface area contributed by atoms with E-state index in [1.54, 1.807) is 74.7 Å². The van der Waals surface area contributed by atoms with Gasteiger partial charge in [-0.25, -0.2) is 33.6 Å². The summed E-state index contributed by atoms with van der Waals surface area (Å²) in [5.74, 6) is -0.198. The SMILES string of the molecule is COCC1OC(n2cc(C)c(N(C)C(=O)COC(=O)N(C)c3nc(=O)n(C4OC(CC=O)C(OC)C4(C)C)cc3C)nc2=O)C(C)(C)C1OC.COCC1OC(n2cc(C)c(N(C)C(=O)NCCCNC(=O)N(C)c3nc(=O)n(C4OC(CC=O)C(OC)C4(C)C)cc3C)nc2=O)C(C)(C)C1OC. The Kier molecular flexibility index (Phi) is 26.8. The van der Waals surface area contributed by atoms with Gasteiger partial charge in [0.1, 0.15) is 73.0 Å². The lowest BCUT2D eigenvalue weighted by Gasteiger charge is -2.31. The second kappa shape index (κ2) is 33.7. The molecule has 4 aliphatic rings. The van der Waals surface area contributed by atoms with Gasteiger partial charge in [-0.1, -0.05) is 55.4 Å². The monoisotopic (exact) mass is 1450 g/mol. The van der Waals surface area contributed by atoms with Crippen LogP contribution in [0, 0.1) is 49.4 Å². The summed E-state index contributed by atoms with van der Waals surface area (Å²) in [5, 5.41) is 5.54. The molecule has 6 amide bonds.